The van der Waals surface area contributed by atoms with Gasteiger partial charge in [0.25, 0.3) is 0 Å². The zero-order valence-electron chi connectivity index (χ0n) is 10.00. The van der Waals surface area contributed by atoms with Crippen molar-refractivity contribution in [2.24, 2.45) is 11.8 Å². The first-order valence-electron chi connectivity index (χ1n) is 6.10. The Hall–Kier alpha value is -0.120. The Labute approximate surface area is 92.9 Å². The van der Waals surface area contributed by atoms with Crippen molar-refractivity contribution in [3.8, 4) is 0 Å². The second-order valence-corrected chi connectivity index (χ2v) is 5.40. The van der Waals surface area contributed by atoms with Gasteiger partial charge in [0, 0.05) is 0 Å². The molecule has 0 radical (unpaired) electrons. The van der Waals surface area contributed by atoms with Crippen LogP contribution in [0.3, 0.4) is 0 Å². The third kappa shape index (κ3) is 6.88. The first kappa shape index (κ1) is 12.9. The van der Waals surface area contributed by atoms with Gasteiger partial charge in [-0.05, 0) is 45.2 Å². The van der Waals surface area contributed by atoms with Gasteiger partial charge in [-0.1, -0.05) is 25.7 Å². The molecule has 3 N–H and O–H groups in total. The summed E-state index contributed by atoms with van der Waals surface area (Å²) < 4.78 is 0. The van der Waals surface area contributed by atoms with Gasteiger partial charge >= 0.3 is 0 Å². The zero-order valence-corrected chi connectivity index (χ0v) is 10.00. The fourth-order valence-electron chi connectivity index (χ4n) is 2.23. The van der Waals surface area contributed by atoms with Gasteiger partial charge in [-0.25, -0.2) is 0 Å². The van der Waals surface area contributed by atoms with Crippen molar-refractivity contribution in [3.05, 3.63) is 0 Å². The lowest BCUT2D eigenvalue weighted by Gasteiger charge is -2.29. The molecule has 2 aliphatic rings. The highest BCUT2D eigenvalue weighted by Crippen LogP contribution is 2.31. The topological polar surface area (TPSA) is 52.5 Å². The Morgan fingerprint density at radius 1 is 1.07 bits per heavy atom. The van der Waals surface area contributed by atoms with Crippen molar-refractivity contribution in [1.82, 2.24) is 5.32 Å². The van der Waals surface area contributed by atoms with E-state index in [-0.39, 0.29) is 0 Å². The van der Waals surface area contributed by atoms with Crippen LogP contribution in [0.4, 0.5) is 0 Å². The highest BCUT2D eigenvalue weighted by Gasteiger charge is 2.23. The minimum Gasteiger partial charge on any atom is -0.366 e. The highest BCUT2D eigenvalue weighted by molar-refractivity contribution is 4.79. The van der Waals surface area contributed by atoms with Crippen molar-refractivity contribution in [3.63, 3.8) is 0 Å². The van der Waals surface area contributed by atoms with Crippen LogP contribution < -0.4 is 5.32 Å². The molecular formula is C12H25NO2. The summed E-state index contributed by atoms with van der Waals surface area (Å²) in [4.78, 5) is 0. The highest BCUT2D eigenvalue weighted by atomic mass is 16.5. The number of aliphatic hydroxyl groups is 2. The van der Waals surface area contributed by atoms with Crippen molar-refractivity contribution in [2.45, 2.75) is 51.7 Å². The summed E-state index contributed by atoms with van der Waals surface area (Å²) in [6, 6.07) is 0. The lowest BCUT2D eigenvalue weighted by atomic mass is 9.89. The van der Waals surface area contributed by atoms with E-state index in [0.717, 1.165) is 11.8 Å². The van der Waals surface area contributed by atoms with Crippen LogP contribution in [0.25, 0.3) is 0 Å². The van der Waals surface area contributed by atoms with Crippen molar-refractivity contribution < 1.29 is 10.2 Å². The van der Waals surface area contributed by atoms with E-state index in [1.54, 1.807) is 0 Å². The van der Waals surface area contributed by atoms with E-state index >= 15 is 0 Å². The maximum Gasteiger partial charge on any atom is 0.156 e. The van der Waals surface area contributed by atoms with Gasteiger partial charge in [-0.3, -0.25) is 0 Å². The summed E-state index contributed by atoms with van der Waals surface area (Å²) in [7, 11) is 0. The summed E-state index contributed by atoms with van der Waals surface area (Å²) >= 11 is 0. The molecule has 0 bridgehead atoms. The Morgan fingerprint density at radius 3 is 1.87 bits per heavy atom. The number of hydrogen-bond donors (Lipinski definition) is 3. The van der Waals surface area contributed by atoms with Gasteiger partial charge in [-0.15, -0.1) is 0 Å². The number of nitrogens with one attached hydrogen (secondary N) is 1. The predicted molar refractivity (Wildman–Crippen MR) is 61.5 cm³/mol. The van der Waals surface area contributed by atoms with Crippen LogP contribution >= 0.6 is 0 Å². The average molecular weight is 215 g/mol. The Kier molecular flexibility index (Phi) is 5.03. The van der Waals surface area contributed by atoms with Crippen LogP contribution in [0.2, 0.25) is 0 Å². The second kappa shape index (κ2) is 5.83. The summed E-state index contributed by atoms with van der Waals surface area (Å²) in [5, 5.41) is 19.5. The van der Waals surface area contributed by atoms with E-state index in [9.17, 15) is 0 Å². The first-order valence-corrected chi connectivity index (χ1v) is 6.10. The standard InChI is InChI=1S/C9H17N.C3H8O2/c1-2-4-8(3-1)5-9-6-10-7-9;1-3(2,4)5/h8-10H,1-7H2;4-5H,1-2H3. The largest absolute Gasteiger partial charge is 0.366 e. The molecule has 0 aromatic carbocycles. The number of hydrogen-bond acceptors (Lipinski definition) is 3. The predicted octanol–water partition coefficient (Wildman–Crippen LogP) is 1.49. The molecule has 0 aromatic rings. The molecule has 90 valence electrons. The molecule has 2 rings (SSSR count). The first-order chi connectivity index (χ1) is 6.95. The number of rotatable bonds is 2. The SMILES string of the molecule is C1CCC(CC2CNC2)C1.CC(C)(O)O. The normalized spacial score (nSPS) is 23.2. The molecule has 0 amide bonds. The third-order valence-electron chi connectivity index (χ3n) is 3.01. The minimum absolute atomic E-state index is 1.04. The lowest BCUT2D eigenvalue weighted by Crippen LogP contribution is -2.42. The molecule has 3 nitrogen and oxygen atoms in total. The lowest BCUT2D eigenvalue weighted by molar-refractivity contribution is -0.127. The Balaban J connectivity index is 0.000000195. The van der Waals surface area contributed by atoms with Gasteiger partial charge in [0.1, 0.15) is 0 Å². The van der Waals surface area contributed by atoms with Crippen LogP contribution in [0.1, 0.15) is 46.0 Å². The summed E-state index contributed by atoms with van der Waals surface area (Å²) in [5.74, 6) is 0.648. The monoisotopic (exact) mass is 215 g/mol. The van der Waals surface area contributed by atoms with Crippen molar-refractivity contribution >= 4 is 0 Å². The van der Waals surface area contributed by atoms with Gasteiger partial charge < -0.3 is 15.5 Å². The minimum atomic E-state index is -1.50. The van der Waals surface area contributed by atoms with Crippen molar-refractivity contribution in [1.29, 1.82) is 0 Å². The van der Waals surface area contributed by atoms with Gasteiger partial charge in [0.2, 0.25) is 0 Å². The van der Waals surface area contributed by atoms with E-state index in [2.05, 4.69) is 5.32 Å². The van der Waals surface area contributed by atoms with Gasteiger partial charge in [0.15, 0.2) is 5.79 Å². The fraction of sp³-hybridized carbons (Fsp3) is 1.00. The van der Waals surface area contributed by atoms with Crippen LogP contribution in [0.15, 0.2) is 0 Å². The molecule has 1 saturated heterocycles. The maximum absolute atomic E-state index is 8.08. The molecule has 1 heterocycles. The van der Waals surface area contributed by atoms with E-state index in [0.29, 0.717) is 0 Å². The fourth-order valence-corrected chi connectivity index (χ4v) is 2.23. The Bertz CT molecular complexity index is 161. The molecule has 1 aliphatic heterocycles. The van der Waals surface area contributed by atoms with Crippen molar-refractivity contribution in [2.75, 3.05) is 13.1 Å². The molecule has 0 unspecified atom stereocenters. The summed E-state index contributed by atoms with van der Waals surface area (Å²) in [6.07, 6.45) is 7.58. The van der Waals surface area contributed by atoms with Gasteiger partial charge in [0.05, 0.1) is 0 Å². The molecule has 15 heavy (non-hydrogen) atoms. The molecule has 3 heteroatoms. The van der Waals surface area contributed by atoms with Gasteiger partial charge in [-0.2, -0.15) is 0 Å². The zero-order chi connectivity index (χ0) is 11.3. The smallest absolute Gasteiger partial charge is 0.156 e. The maximum atomic E-state index is 8.08. The van der Waals surface area contributed by atoms with Crippen LogP contribution in [-0.2, 0) is 0 Å². The van der Waals surface area contributed by atoms with E-state index in [1.807, 2.05) is 0 Å². The second-order valence-electron chi connectivity index (χ2n) is 5.40. The van der Waals surface area contributed by atoms with Crippen LogP contribution in [0, 0.1) is 11.8 Å². The van der Waals surface area contributed by atoms with E-state index in [1.165, 1.54) is 59.0 Å². The quantitative estimate of drug-likeness (QED) is 0.612. The summed E-state index contributed by atoms with van der Waals surface area (Å²) in [6.45, 7) is 5.20. The van der Waals surface area contributed by atoms with Crippen LogP contribution in [-0.4, -0.2) is 29.1 Å². The summed E-state index contributed by atoms with van der Waals surface area (Å²) in [5.41, 5.74) is 0. The van der Waals surface area contributed by atoms with E-state index < -0.39 is 5.79 Å². The third-order valence-corrected chi connectivity index (χ3v) is 3.01. The molecule has 0 atom stereocenters. The Morgan fingerprint density at radius 2 is 1.53 bits per heavy atom. The molecule has 2 fully saturated rings. The molecule has 1 saturated carbocycles. The average Bonchev–Trinajstić information content (AvgIpc) is 2.45. The molecule has 0 spiro atoms. The molecule has 0 aromatic heterocycles. The van der Waals surface area contributed by atoms with Crippen LogP contribution in [0.5, 0.6) is 0 Å². The molecular weight excluding hydrogens is 190 g/mol. The molecule has 1 aliphatic carbocycles. The van der Waals surface area contributed by atoms with E-state index in [4.69, 9.17) is 10.2 Å².